The molecule has 132 valence electrons. The molecule has 0 saturated heterocycles. The third-order valence-corrected chi connectivity index (χ3v) is 3.77. The number of terminal acetylenes is 1. The summed E-state index contributed by atoms with van der Waals surface area (Å²) in [6.45, 7) is 1.62. The Bertz CT molecular complexity index is 848. The molecule has 2 amide bonds. The Labute approximate surface area is 151 Å². The molecule has 0 aliphatic carbocycles. The van der Waals surface area contributed by atoms with Gasteiger partial charge in [-0.3, -0.25) is 0 Å². The van der Waals surface area contributed by atoms with Crippen molar-refractivity contribution in [2.75, 3.05) is 6.54 Å². The molecular formula is C19H19N5O2. The number of hydrogen-bond donors (Lipinski definition) is 1. The van der Waals surface area contributed by atoms with Crippen LogP contribution in [0.1, 0.15) is 16.9 Å². The van der Waals surface area contributed by atoms with Gasteiger partial charge in [-0.25, -0.2) is 14.5 Å². The van der Waals surface area contributed by atoms with Crippen molar-refractivity contribution in [2.45, 2.75) is 19.6 Å². The molecule has 1 N–H and O–H groups in total. The third kappa shape index (κ3) is 4.74. The Morgan fingerprint density at radius 1 is 1.27 bits per heavy atom. The number of hydrogen-bond acceptors (Lipinski definition) is 4. The lowest BCUT2D eigenvalue weighted by Gasteiger charge is -2.19. The first-order chi connectivity index (χ1) is 12.7. The quantitative estimate of drug-likeness (QED) is 0.664. The summed E-state index contributed by atoms with van der Waals surface area (Å²) in [4.78, 5) is 17.8. The van der Waals surface area contributed by atoms with E-state index in [-0.39, 0.29) is 12.6 Å². The van der Waals surface area contributed by atoms with Gasteiger partial charge in [-0.2, -0.15) is 5.10 Å². The maximum absolute atomic E-state index is 12.4. The molecule has 0 fully saturated rings. The number of aromatic nitrogens is 3. The van der Waals surface area contributed by atoms with E-state index in [0.29, 0.717) is 25.4 Å². The van der Waals surface area contributed by atoms with Gasteiger partial charge in [0.2, 0.25) is 0 Å². The van der Waals surface area contributed by atoms with E-state index in [1.165, 1.54) is 11.2 Å². The van der Waals surface area contributed by atoms with Crippen molar-refractivity contribution < 1.29 is 9.21 Å². The molecule has 3 aromatic rings. The number of furan rings is 1. The fraction of sp³-hybridized carbons (Fsp3) is 0.211. The first-order valence-corrected chi connectivity index (χ1v) is 8.13. The predicted octanol–water partition coefficient (Wildman–Crippen LogP) is 2.26. The van der Waals surface area contributed by atoms with E-state index >= 15 is 0 Å². The summed E-state index contributed by atoms with van der Waals surface area (Å²) in [5, 5.41) is 6.96. The minimum absolute atomic E-state index is 0.212. The van der Waals surface area contributed by atoms with Gasteiger partial charge in [0.25, 0.3) is 0 Å². The molecule has 1 aromatic carbocycles. The lowest BCUT2D eigenvalue weighted by molar-refractivity contribution is 0.197. The third-order valence-electron chi connectivity index (χ3n) is 3.77. The van der Waals surface area contributed by atoms with Crippen LogP contribution in [0.3, 0.4) is 0 Å². The van der Waals surface area contributed by atoms with E-state index in [4.69, 9.17) is 10.8 Å². The van der Waals surface area contributed by atoms with E-state index in [1.54, 1.807) is 23.3 Å². The van der Waals surface area contributed by atoms with E-state index in [0.717, 1.165) is 11.1 Å². The molecule has 2 aromatic heterocycles. The van der Waals surface area contributed by atoms with Gasteiger partial charge in [-0.15, -0.1) is 6.42 Å². The summed E-state index contributed by atoms with van der Waals surface area (Å²) in [6.07, 6.45) is 10.1. The van der Waals surface area contributed by atoms with Crippen LogP contribution in [0.5, 0.6) is 0 Å². The van der Waals surface area contributed by atoms with Crippen LogP contribution >= 0.6 is 0 Å². The highest BCUT2D eigenvalue weighted by molar-refractivity contribution is 5.74. The maximum Gasteiger partial charge on any atom is 0.318 e. The van der Waals surface area contributed by atoms with Gasteiger partial charge in [0.05, 0.1) is 25.9 Å². The van der Waals surface area contributed by atoms with Crippen LogP contribution in [0, 0.1) is 12.3 Å². The summed E-state index contributed by atoms with van der Waals surface area (Å²) in [6, 6.07) is 11.3. The molecule has 0 saturated carbocycles. The van der Waals surface area contributed by atoms with E-state index in [9.17, 15) is 4.79 Å². The number of nitrogens with one attached hydrogen (secondary N) is 1. The zero-order valence-electron chi connectivity index (χ0n) is 14.2. The number of amides is 2. The van der Waals surface area contributed by atoms with Crippen LogP contribution in [-0.2, 0) is 19.6 Å². The molecular weight excluding hydrogens is 330 g/mol. The Morgan fingerprint density at radius 2 is 2.08 bits per heavy atom. The monoisotopic (exact) mass is 349 g/mol. The van der Waals surface area contributed by atoms with Gasteiger partial charge in [0.1, 0.15) is 18.4 Å². The number of benzene rings is 1. The number of carbonyl (C=O) groups is 1. The highest BCUT2D eigenvalue weighted by atomic mass is 16.3. The number of urea groups is 1. The zero-order valence-corrected chi connectivity index (χ0v) is 14.2. The van der Waals surface area contributed by atoms with Crippen LogP contribution in [0.25, 0.3) is 0 Å². The summed E-state index contributed by atoms with van der Waals surface area (Å²) in [7, 11) is 0. The zero-order chi connectivity index (χ0) is 18.2. The Hall–Kier alpha value is -3.53. The van der Waals surface area contributed by atoms with E-state index in [1.807, 2.05) is 30.3 Å². The molecule has 0 bridgehead atoms. The van der Waals surface area contributed by atoms with Gasteiger partial charge in [0, 0.05) is 6.54 Å². The Morgan fingerprint density at radius 3 is 2.73 bits per heavy atom. The highest BCUT2D eigenvalue weighted by Gasteiger charge is 2.13. The lowest BCUT2D eigenvalue weighted by atomic mass is 10.1. The Kier molecular flexibility index (Phi) is 5.68. The van der Waals surface area contributed by atoms with Crippen molar-refractivity contribution in [3.63, 3.8) is 0 Å². The molecule has 0 spiro atoms. The van der Waals surface area contributed by atoms with Gasteiger partial charge < -0.3 is 14.6 Å². The summed E-state index contributed by atoms with van der Waals surface area (Å²) >= 11 is 0. The van der Waals surface area contributed by atoms with Crippen molar-refractivity contribution in [3.05, 3.63) is 72.2 Å². The standard InChI is InChI=1S/C19H19N5O2/c1-2-9-23(13-18-4-3-10-26-18)19(25)21-11-16-5-7-17(8-6-16)12-24-15-20-14-22-24/h1,3-8,10,14-15H,9,11-13H2,(H,21,25). The van der Waals surface area contributed by atoms with Gasteiger partial charge in [-0.05, 0) is 23.3 Å². The molecule has 0 unspecified atom stereocenters. The van der Waals surface area contributed by atoms with E-state index in [2.05, 4.69) is 21.3 Å². The van der Waals surface area contributed by atoms with Crippen LogP contribution in [0.4, 0.5) is 4.79 Å². The normalized spacial score (nSPS) is 10.3. The second-order valence-corrected chi connectivity index (χ2v) is 5.71. The van der Waals surface area contributed by atoms with Crippen LogP contribution in [0.15, 0.2) is 59.7 Å². The van der Waals surface area contributed by atoms with Crippen molar-refractivity contribution in [2.24, 2.45) is 0 Å². The van der Waals surface area contributed by atoms with Crippen LogP contribution in [0.2, 0.25) is 0 Å². The molecule has 0 aliphatic heterocycles. The van der Waals surface area contributed by atoms with Gasteiger partial charge in [-0.1, -0.05) is 30.2 Å². The minimum Gasteiger partial charge on any atom is -0.467 e. The fourth-order valence-electron chi connectivity index (χ4n) is 2.45. The maximum atomic E-state index is 12.4. The summed E-state index contributed by atoms with van der Waals surface area (Å²) in [5.74, 6) is 3.19. The largest absolute Gasteiger partial charge is 0.467 e. The molecule has 7 heteroatoms. The average molecular weight is 349 g/mol. The molecule has 0 radical (unpaired) electrons. The molecule has 2 heterocycles. The van der Waals surface area contributed by atoms with Crippen molar-refractivity contribution in [1.29, 1.82) is 0 Å². The van der Waals surface area contributed by atoms with Gasteiger partial charge in [0.15, 0.2) is 0 Å². The smallest absolute Gasteiger partial charge is 0.318 e. The van der Waals surface area contributed by atoms with Crippen LogP contribution < -0.4 is 5.32 Å². The highest BCUT2D eigenvalue weighted by Crippen LogP contribution is 2.08. The van der Waals surface area contributed by atoms with Crippen molar-refractivity contribution >= 4 is 6.03 Å². The average Bonchev–Trinajstić information content (AvgIpc) is 3.34. The first kappa shape index (κ1) is 17.3. The van der Waals surface area contributed by atoms with Gasteiger partial charge >= 0.3 is 6.03 Å². The molecule has 0 aliphatic rings. The second-order valence-electron chi connectivity index (χ2n) is 5.71. The molecule has 0 atom stereocenters. The number of carbonyl (C=O) groups excluding carboxylic acids is 1. The predicted molar refractivity (Wildman–Crippen MR) is 95.8 cm³/mol. The van der Waals surface area contributed by atoms with Crippen LogP contribution in [-0.4, -0.2) is 32.2 Å². The van der Waals surface area contributed by atoms with Crippen molar-refractivity contribution in [1.82, 2.24) is 25.0 Å². The SMILES string of the molecule is C#CCN(Cc1ccco1)C(=O)NCc1ccc(Cn2cncn2)cc1. The summed E-state index contributed by atoms with van der Waals surface area (Å²) < 4.78 is 7.03. The second kappa shape index (κ2) is 8.53. The minimum atomic E-state index is -0.231. The van der Waals surface area contributed by atoms with E-state index < -0.39 is 0 Å². The van der Waals surface area contributed by atoms with Crippen molar-refractivity contribution in [3.8, 4) is 12.3 Å². The molecule has 26 heavy (non-hydrogen) atoms. The summed E-state index contributed by atoms with van der Waals surface area (Å²) in [5.41, 5.74) is 2.11. The fourth-order valence-corrected chi connectivity index (χ4v) is 2.45. The topological polar surface area (TPSA) is 76.2 Å². The number of rotatable bonds is 7. The Balaban J connectivity index is 1.53. The molecule has 3 rings (SSSR count). The first-order valence-electron chi connectivity index (χ1n) is 8.13. The number of nitrogens with zero attached hydrogens (tertiary/aromatic N) is 4. The molecule has 7 nitrogen and oxygen atoms in total. The lowest BCUT2D eigenvalue weighted by Crippen LogP contribution is -2.39.